The maximum Gasteiger partial charge on any atom is 0.416 e. The molecule has 0 aliphatic carbocycles. The van der Waals surface area contributed by atoms with Crippen LogP contribution in [0, 0.1) is 11.3 Å². The molecule has 0 heterocycles. The Labute approximate surface area is 171 Å². The van der Waals surface area contributed by atoms with Crippen LogP contribution in [0.25, 0.3) is 11.6 Å². The number of aliphatic carboxylic acids is 1. The van der Waals surface area contributed by atoms with Crippen LogP contribution < -0.4 is 9.47 Å². The quantitative estimate of drug-likeness (QED) is 0.373. The molecular weight excluding hydrogens is 399 g/mol. The largest absolute Gasteiger partial charge is 0.493 e. The monoisotopic (exact) mass is 417 g/mol. The second-order valence-corrected chi connectivity index (χ2v) is 6.14. The van der Waals surface area contributed by atoms with Crippen molar-refractivity contribution in [3.63, 3.8) is 0 Å². The second kappa shape index (κ2) is 9.65. The molecule has 0 atom stereocenters. The highest BCUT2D eigenvalue weighted by atomic mass is 19.4. The van der Waals surface area contributed by atoms with E-state index in [0.717, 1.165) is 12.1 Å². The molecule has 1 N–H and O–H groups in total. The summed E-state index contributed by atoms with van der Waals surface area (Å²) in [5, 5.41) is 18.4. The molecule has 0 unspecified atom stereocenters. The summed E-state index contributed by atoms with van der Waals surface area (Å²) in [5.41, 5.74) is 0.302. The van der Waals surface area contributed by atoms with Crippen molar-refractivity contribution in [3.8, 4) is 17.6 Å². The van der Waals surface area contributed by atoms with Crippen molar-refractivity contribution < 1.29 is 32.5 Å². The predicted octanol–water partition coefficient (Wildman–Crippen LogP) is 4.97. The number of allylic oxidation sites excluding steroid dienone is 2. The Kier molecular flexibility index (Phi) is 7.26. The average Bonchev–Trinajstić information content (AvgIpc) is 2.70. The Bertz CT molecular complexity index is 1020. The van der Waals surface area contributed by atoms with Gasteiger partial charge in [-0.15, -0.1) is 6.58 Å². The third-order valence-electron chi connectivity index (χ3n) is 4.01. The van der Waals surface area contributed by atoms with E-state index in [0.29, 0.717) is 17.5 Å². The van der Waals surface area contributed by atoms with Gasteiger partial charge >= 0.3 is 12.1 Å². The minimum absolute atomic E-state index is 0.0203. The van der Waals surface area contributed by atoms with Gasteiger partial charge in [-0.05, 0) is 47.9 Å². The number of carboxylic acid groups (broad SMARTS) is 1. The molecule has 0 spiro atoms. The number of benzene rings is 2. The van der Waals surface area contributed by atoms with Crippen LogP contribution in [0.5, 0.6) is 11.5 Å². The zero-order valence-electron chi connectivity index (χ0n) is 16.0. The van der Waals surface area contributed by atoms with Gasteiger partial charge in [0.05, 0.1) is 24.3 Å². The third-order valence-corrected chi connectivity index (χ3v) is 4.01. The van der Waals surface area contributed by atoms with Gasteiger partial charge in [0.25, 0.3) is 0 Å². The first-order chi connectivity index (χ1) is 14.2. The van der Waals surface area contributed by atoms with E-state index in [2.05, 4.69) is 6.58 Å². The third kappa shape index (κ3) is 5.64. The highest BCUT2D eigenvalue weighted by molar-refractivity contribution is 5.90. The number of ether oxygens (including phenoxy) is 2. The lowest BCUT2D eigenvalue weighted by Crippen LogP contribution is -2.11. The molecule has 0 aliphatic heterocycles. The Morgan fingerprint density at radius 3 is 2.60 bits per heavy atom. The number of nitriles is 1. The fraction of sp³-hybridized carbons (Fsp3) is 0.182. The highest BCUT2D eigenvalue weighted by Gasteiger charge is 2.30. The first kappa shape index (κ1) is 22.6. The molecule has 0 fully saturated rings. The minimum atomic E-state index is -4.53. The molecule has 5 nitrogen and oxygen atoms in total. The topological polar surface area (TPSA) is 79.5 Å². The Hall–Kier alpha value is -3.73. The van der Waals surface area contributed by atoms with Gasteiger partial charge in [-0.25, -0.2) is 4.79 Å². The zero-order chi connectivity index (χ0) is 22.3. The van der Waals surface area contributed by atoms with Crippen LogP contribution in [0.2, 0.25) is 0 Å². The molecule has 0 saturated carbocycles. The van der Waals surface area contributed by atoms with Crippen molar-refractivity contribution in [1.82, 2.24) is 0 Å². The fourth-order valence-corrected chi connectivity index (χ4v) is 2.73. The van der Waals surface area contributed by atoms with E-state index in [4.69, 9.17) is 14.6 Å². The van der Waals surface area contributed by atoms with Gasteiger partial charge in [0.2, 0.25) is 0 Å². The molecule has 0 aliphatic rings. The number of carbonyl (C=O) groups is 1. The summed E-state index contributed by atoms with van der Waals surface area (Å²) >= 11 is 0. The second-order valence-electron chi connectivity index (χ2n) is 6.14. The SMILES string of the molecule is C=CCc1cc(/C=C(/C#N)c2cccc(C(F)(F)F)c2)cc(OC)c1OCC(=O)O. The van der Waals surface area contributed by atoms with Gasteiger partial charge in [-0.2, -0.15) is 18.4 Å². The van der Waals surface area contributed by atoms with Crippen molar-refractivity contribution in [3.05, 3.63) is 71.3 Å². The number of hydrogen-bond acceptors (Lipinski definition) is 4. The van der Waals surface area contributed by atoms with E-state index in [1.807, 2.05) is 6.07 Å². The van der Waals surface area contributed by atoms with Crippen LogP contribution in [0.3, 0.4) is 0 Å². The molecule has 2 aromatic carbocycles. The summed E-state index contributed by atoms with van der Waals surface area (Å²) in [5.74, 6) is -0.723. The van der Waals surface area contributed by atoms with Crippen LogP contribution >= 0.6 is 0 Å². The van der Waals surface area contributed by atoms with E-state index in [1.54, 1.807) is 12.1 Å². The van der Waals surface area contributed by atoms with Gasteiger partial charge in [-0.1, -0.05) is 18.2 Å². The van der Waals surface area contributed by atoms with Crippen molar-refractivity contribution in [2.75, 3.05) is 13.7 Å². The first-order valence-electron chi connectivity index (χ1n) is 8.65. The van der Waals surface area contributed by atoms with Gasteiger partial charge in [0.15, 0.2) is 18.1 Å². The molecular formula is C22H18F3NO4. The Morgan fingerprint density at radius 1 is 1.30 bits per heavy atom. The van der Waals surface area contributed by atoms with Crippen molar-refractivity contribution in [1.29, 1.82) is 5.26 Å². The molecule has 8 heteroatoms. The molecule has 0 saturated heterocycles. The lowest BCUT2D eigenvalue weighted by Gasteiger charge is -2.15. The van der Waals surface area contributed by atoms with E-state index >= 15 is 0 Å². The summed E-state index contributed by atoms with van der Waals surface area (Å²) < 4.78 is 49.6. The van der Waals surface area contributed by atoms with Gasteiger partial charge in [-0.3, -0.25) is 0 Å². The van der Waals surface area contributed by atoms with Crippen LogP contribution in [0.4, 0.5) is 13.2 Å². The molecule has 0 aromatic heterocycles. The van der Waals surface area contributed by atoms with E-state index in [1.165, 1.54) is 31.4 Å². The number of halogens is 3. The number of rotatable bonds is 8. The average molecular weight is 417 g/mol. The van der Waals surface area contributed by atoms with E-state index in [-0.39, 0.29) is 22.6 Å². The smallest absolute Gasteiger partial charge is 0.416 e. The maximum absolute atomic E-state index is 13.0. The summed E-state index contributed by atoms with van der Waals surface area (Å²) in [4.78, 5) is 10.8. The molecule has 0 bridgehead atoms. The zero-order valence-corrected chi connectivity index (χ0v) is 16.0. The minimum Gasteiger partial charge on any atom is -0.493 e. The lowest BCUT2D eigenvalue weighted by molar-refractivity contribution is -0.139. The summed E-state index contributed by atoms with van der Waals surface area (Å²) in [7, 11) is 1.37. The number of methoxy groups -OCH3 is 1. The van der Waals surface area contributed by atoms with Crippen LogP contribution in [-0.4, -0.2) is 24.8 Å². The Morgan fingerprint density at radius 2 is 2.03 bits per heavy atom. The summed E-state index contributed by atoms with van der Waals surface area (Å²) in [6.45, 7) is 3.07. The number of hydrogen-bond donors (Lipinski definition) is 1. The predicted molar refractivity (Wildman–Crippen MR) is 105 cm³/mol. The van der Waals surface area contributed by atoms with Gasteiger partial charge in [0, 0.05) is 5.56 Å². The molecule has 2 rings (SSSR count). The van der Waals surface area contributed by atoms with Crippen LogP contribution in [0.1, 0.15) is 22.3 Å². The molecule has 0 radical (unpaired) electrons. The summed E-state index contributed by atoms with van der Waals surface area (Å²) in [6, 6.07) is 9.53. The Balaban J connectivity index is 2.55. The number of carboxylic acids is 1. The van der Waals surface area contributed by atoms with Crippen molar-refractivity contribution >= 4 is 17.6 Å². The van der Waals surface area contributed by atoms with E-state index < -0.39 is 24.3 Å². The van der Waals surface area contributed by atoms with Crippen LogP contribution in [-0.2, 0) is 17.4 Å². The van der Waals surface area contributed by atoms with Crippen molar-refractivity contribution in [2.24, 2.45) is 0 Å². The number of nitrogens with zero attached hydrogens (tertiary/aromatic N) is 1. The fourth-order valence-electron chi connectivity index (χ4n) is 2.73. The van der Waals surface area contributed by atoms with E-state index in [9.17, 15) is 23.2 Å². The molecule has 2 aromatic rings. The van der Waals surface area contributed by atoms with Crippen LogP contribution in [0.15, 0.2) is 49.1 Å². The maximum atomic E-state index is 13.0. The normalized spacial score (nSPS) is 11.5. The molecule has 156 valence electrons. The molecule has 0 amide bonds. The molecule has 30 heavy (non-hydrogen) atoms. The van der Waals surface area contributed by atoms with Gasteiger partial charge in [0.1, 0.15) is 0 Å². The van der Waals surface area contributed by atoms with Crippen molar-refractivity contribution in [2.45, 2.75) is 12.6 Å². The first-order valence-corrected chi connectivity index (χ1v) is 8.65. The van der Waals surface area contributed by atoms with Gasteiger partial charge < -0.3 is 14.6 Å². The number of alkyl halides is 3. The lowest BCUT2D eigenvalue weighted by atomic mass is 9.99. The standard InChI is InChI=1S/C22H18F3NO4/c1-3-5-16-8-14(10-19(29-2)21(16)30-13-20(27)28)9-17(12-26)15-6-4-7-18(11-15)22(23,24)25/h3-4,6-11H,1,5,13H2,2H3,(H,27,28)/b17-9-. The highest BCUT2D eigenvalue weighted by Crippen LogP contribution is 2.35. The summed E-state index contributed by atoms with van der Waals surface area (Å²) in [6.07, 6.45) is -1.21.